The summed E-state index contributed by atoms with van der Waals surface area (Å²) in [4.78, 5) is 19.5. The van der Waals surface area contributed by atoms with Crippen molar-refractivity contribution in [2.24, 2.45) is 11.7 Å². The van der Waals surface area contributed by atoms with Gasteiger partial charge in [0.25, 0.3) is 5.91 Å². The van der Waals surface area contributed by atoms with Crippen molar-refractivity contribution < 1.29 is 14.6 Å². The SMILES string of the molecule is NC(NC(=O)c1cccc2cccnc12)C1(O)CCN(CC2CCOCC2)CC1Cl. The number of likely N-dealkylation sites (tertiary alicyclic amines) is 1. The van der Waals surface area contributed by atoms with Crippen LogP contribution in [0.5, 0.6) is 0 Å². The molecule has 0 saturated carbocycles. The molecule has 3 heterocycles. The van der Waals surface area contributed by atoms with Crippen molar-refractivity contribution in [3.8, 4) is 0 Å². The first-order chi connectivity index (χ1) is 14.5. The summed E-state index contributed by atoms with van der Waals surface area (Å²) in [5.41, 5.74) is 5.92. The number of ether oxygens (including phenoxy) is 1. The monoisotopic (exact) mass is 432 g/mol. The molecule has 1 aromatic carbocycles. The number of carbonyl (C=O) groups excluding carboxylic acids is 1. The molecule has 4 rings (SSSR count). The Morgan fingerprint density at radius 3 is 2.90 bits per heavy atom. The van der Waals surface area contributed by atoms with Gasteiger partial charge in [-0.15, -0.1) is 11.6 Å². The Kier molecular flexibility index (Phi) is 6.55. The number of fused-ring (bicyclic) bond motifs is 1. The molecule has 2 aliphatic heterocycles. The van der Waals surface area contributed by atoms with Crippen LogP contribution in [0, 0.1) is 5.92 Å². The van der Waals surface area contributed by atoms with E-state index in [1.807, 2.05) is 18.2 Å². The smallest absolute Gasteiger partial charge is 0.254 e. The summed E-state index contributed by atoms with van der Waals surface area (Å²) in [5.74, 6) is 0.231. The van der Waals surface area contributed by atoms with Gasteiger partial charge in [0, 0.05) is 44.4 Å². The zero-order chi connectivity index (χ0) is 21.1. The van der Waals surface area contributed by atoms with Gasteiger partial charge in [-0.2, -0.15) is 0 Å². The van der Waals surface area contributed by atoms with E-state index in [2.05, 4.69) is 15.2 Å². The van der Waals surface area contributed by atoms with E-state index in [0.29, 0.717) is 36.5 Å². The average molecular weight is 433 g/mol. The fourth-order valence-corrected chi connectivity index (χ4v) is 4.85. The van der Waals surface area contributed by atoms with E-state index in [1.54, 1.807) is 18.3 Å². The molecule has 0 spiro atoms. The summed E-state index contributed by atoms with van der Waals surface area (Å²) in [7, 11) is 0. The molecule has 7 nitrogen and oxygen atoms in total. The predicted molar refractivity (Wildman–Crippen MR) is 116 cm³/mol. The molecule has 162 valence electrons. The molecular weight excluding hydrogens is 404 g/mol. The number of rotatable bonds is 5. The Morgan fingerprint density at radius 1 is 1.37 bits per heavy atom. The third kappa shape index (κ3) is 4.45. The van der Waals surface area contributed by atoms with Crippen LogP contribution >= 0.6 is 11.6 Å². The Labute approximate surface area is 181 Å². The van der Waals surface area contributed by atoms with Crippen molar-refractivity contribution in [2.75, 3.05) is 32.8 Å². The molecule has 4 N–H and O–H groups in total. The number of aliphatic hydroxyl groups is 1. The van der Waals surface area contributed by atoms with Crippen LogP contribution in [0.15, 0.2) is 36.5 Å². The van der Waals surface area contributed by atoms with Crippen molar-refractivity contribution in [1.82, 2.24) is 15.2 Å². The van der Waals surface area contributed by atoms with Crippen molar-refractivity contribution in [1.29, 1.82) is 0 Å². The van der Waals surface area contributed by atoms with Gasteiger partial charge in [-0.3, -0.25) is 9.78 Å². The molecule has 1 aromatic heterocycles. The van der Waals surface area contributed by atoms with Crippen molar-refractivity contribution >= 4 is 28.4 Å². The number of aromatic nitrogens is 1. The molecule has 30 heavy (non-hydrogen) atoms. The minimum Gasteiger partial charge on any atom is -0.385 e. The second-order valence-electron chi connectivity index (χ2n) is 8.36. The number of amides is 1. The van der Waals surface area contributed by atoms with Crippen molar-refractivity contribution in [2.45, 2.75) is 36.4 Å². The number of hydrogen-bond donors (Lipinski definition) is 3. The first-order valence-corrected chi connectivity index (χ1v) is 11.0. The molecule has 8 heteroatoms. The van der Waals surface area contributed by atoms with E-state index in [-0.39, 0.29) is 5.91 Å². The van der Waals surface area contributed by atoms with E-state index < -0.39 is 17.1 Å². The number of carbonyl (C=O) groups is 1. The average Bonchev–Trinajstić information content (AvgIpc) is 2.76. The van der Waals surface area contributed by atoms with Crippen LogP contribution in [0.2, 0.25) is 0 Å². The standard InChI is InChI=1S/C22H29ClN4O3/c23-18-14-27(13-15-6-11-30-12-7-15)10-8-22(18,29)21(24)26-20(28)17-5-1-3-16-4-2-9-25-19(16)17/h1-5,9,15,18,21,29H,6-8,10-14,24H2,(H,26,28). The summed E-state index contributed by atoms with van der Waals surface area (Å²) in [6.07, 6.45) is 3.19. The Morgan fingerprint density at radius 2 is 2.13 bits per heavy atom. The van der Waals surface area contributed by atoms with Crippen molar-refractivity contribution in [3.05, 3.63) is 42.1 Å². The lowest BCUT2D eigenvalue weighted by Gasteiger charge is -2.45. The quantitative estimate of drug-likeness (QED) is 0.491. The van der Waals surface area contributed by atoms with E-state index in [9.17, 15) is 9.90 Å². The number of alkyl halides is 1. The Balaban J connectivity index is 1.40. The molecule has 2 fully saturated rings. The molecule has 0 bridgehead atoms. The van der Waals surface area contributed by atoms with Gasteiger partial charge in [-0.05, 0) is 37.3 Å². The van der Waals surface area contributed by atoms with Gasteiger partial charge >= 0.3 is 0 Å². The van der Waals surface area contributed by atoms with E-state index >= 15 is 0 Å². The largest absolute Gasteiger partial charge is 0.385 e. The minimum absolute atomic E-state index is 0.367. The fourth-order valence-electron chi connectivity index (χ4n) is 4.41. The molecule has 3 unspecified atom stereocenters. The van der Waals surface area contributed by atoms with Crippen LogP contribution in [0.1, 0.15) is 29.6 Å². The number of nitrogens with one attached hydrogen (secondary N) is 1. The van der Waals surface area contributed by atoms with Crippen molar-refractivity contribution in [3.63, 3.8) is 0 Å². The highest BCUT2D eigenvalue weighted by atomic mass is 35.5. The van der Waals surface area contributed by atoms with Crippen LogP contribution in [-0.4, -0.2) is 70.9 Å². The second-order valence-corrected chi connectivity index (χ2v) is 8.88. The van der Waals surface area contributed by atoms with Gasteiger partial charge in [0.15, 0.2) is 0 Å². The first kappa shape index (κ1) is 21.5. The zero-order valence-corrected chi connectivity index (χ0v) is 17.7. The summed E-state index contributed by atoms with van der Waals surface area (Å²) in [5, 5.41) is 14.3. The maximum absolute atomic E-state index is 12.9. The summed E-state index contributed by atoms with van der Waals surface area (Å²) in [6.45, 7) is 3.80. The molecule has 0 radical (unpaired) electrons. The fraction of sp³-hybridized carbons (Fsp3) is 0.545. The molecule has 2 aromatic rings. The third-order valence-electron chi connectivity index (χ3n) is 6.35. The van der Waals surface area contributed by atoms with Gasteiger partial charge in [0.2, 0.25) is 0 Å². The second kappa shape index (κ2) is 9.16. The van der Waals surface area contributed by atoms with Gasteiger partial charge in [-0.1, -0.05) is 18.2 Å². The molecule has 0 aliphatic carbocycles. The van der Waals surface area contributed by atoms with E-state index in [1.165, 1.54) is 0 Å². The summed E-state index contributed by atoms with van der Waals surface area (Å²) >= 11 is 6.60. The predicted octanol–water partition coefficient (Wildman–Crippen LogP) is 1.72. The topological polar surface area (TPSA) is 101 Å². The van der Waals surface area contributed by atoms with Gasteiger partial charge in [0.1, 0.15) is 11.8 Å². The maximum Gasteiger partial charge on any atom is 0.254 e. The highest BCUT2D eigenvalue weighted by Gasteiger charge is 2.46. The van der Waals surface area contributed by atoms with Gasteiger partial charge in [-0.25, -0.2) is 0 Å². The normalized spacial score (nSPS) is 27.1. The molecule has 2 aliphatic rings. The number of hydrogen-bond acceptors (Lipinski definition) is 6. The van der Waals surface area contributed by atoms with Crippen LogP contribution in [-0.2, 0) is 4.74 Å². The van der Waals surface area contributed by atoms with Crippen LogP contribution in [0.4, 0.5) is 0 Å². The lowest BCUT2D eigenvalue weighted by Crippen LogP contribution is -2.67. The number of nitrogens with two attached hydrogens (primary N) is 1. The maximum atomic E-state index is 12.9. The lowest BCUT2D eigenvalue weighted by molar-refractivity contribution is -0.0482. The number of para-hydroxylation sites is 1. The highest BCUT2D eigenvalue weighted by molar-refractivity contribution is 6.21. The summed E-state index contributed by atoms with van der Waals surface area (Å²) < 4.78 is 5.43. The van der Waals surface area contributed by atoms with Crippen LogP contribution in [0.25, 0.3) is 10.9 Å². The highest BCUT2D eigenvalue weighted by Crippen LogP contribution is 2.30. The molecule has 2 saturated heterocycles. The molecular formula is C22H29ClN4O3. The number of piperidine rings is 1. The van der Waals surface area contributed by atoms with Gasteiger partial charge < -0.3 is 25.8 Å². The lowest BCUT2D eigenvalue weighted by atomic mass is 9.87. The third-order valence-corrected chi connectivity index (χ3v) is 6.87. The first-order valence-electron chi connectivity index (χ1n) is 10.5. The zero-order valence-electron chi connectivity index (χ0n) is 17.0. The van der Waals surface area contributed by atoms with Crippen LogP contribution < -0.4 is 11.1 Å². The summed E-state index contributed by atoms with van der Waals surface area (Å²) in [6, 6.07) is 9.13. The number of nitrogens with zero attached hydrogens (tertiary/aromatic N) is 2. The number of pyridine rings is 1. The number of halogens is 1. The van der Waals surface area contributed by atoms with Crippen LogP contribution in [0.3, 0.4) is 0 Å². The minimum atomic E-state index is -1.37. The Hall–Kier alpha value is -1.77. The Bertz CT molecular complexity index is 886. The van der Waals surface area contributed by atoms with E-state index in [4.69, 9.17) is 22.1 Å². The van der Waals surface area contributed by atoms with Gasteiger partial charge in [0.05, 0.1) is 16.5 Å². The molecule has 1 amide bonds. The van der Waals surface area contributed by atoms with E-state index in [0.717, 1.165) is 38.0 Å². The molecule has 3 atom stereocenters. The number of benzene rings is 1.